The number of aromatic nitrogens is 3. The van der Waals surface area contributed by atoms with E-state index in [0.29, 0.717) is 17.1 Å². The number of amides is 1. The molecule has 7 rings (SSSR count). The van der Waals surface area contributed by atoms with Gasteiger partial charge in [0.2, 0.25) is 21.2 Å². The minimum absolute atomic E-state index is 0.0333. The molecule has 0 saturated heterocycles. The number of nitrogens with zero attached hydrogens (tertiary/aromatic N) is 4. The lowest BCUT2D eigenvalue weighted by atomic mass is 10.0. The number of carbonyl (C=O) groups excluding carboxylic acids is 1. The maximum atomic E-state index is 14.7. The average Bonchev–Trinajstić information content (AvgIpc) is 3.84. The van der Waals surface area contributed by atoms with Gasteiger partial charge in [-0.25, -0.2) is 27.2 Å². The van der Waals surface area contributed by atoms with E-state index in [1.165, 1.54) is 0 Å². The first-order valence-electron chi connectivity index (χ1n) is 14.1. The van der Waals surface area contributed by atoms with E-state index >= 15 is 0 Å². The van der Waals surface area contributed by atoms with E-state index in [1.807, 2.05) is 18.2 Å². The largest absolute Gasteiger partial charge is 0.489 e. The van der Waals surface area contributed by atoms with Gasteiger partial charge in [0.05, 0.1) is 30.0 Å². The predicted octanol–water partition coefficient (Wildman–Crippen LogP) is 4.57. The summed E-state index contributed by atoms with van der Waals surface area (Å²) in [4.78, 5) is 28.1. The van der Waals surface area contributed by atoms with Gasteiger partial charge >= 0.3 is 0 Å². The maximum Gasteiger partial charge on any atom is 0.251 e. The summed E-state index contributed by atoms with van der Waals surface area (Å²) in [6.07, 6.45) is 7.14. The Labute approximate surface area is 246 Å². The number of hydrogen-bond donors (Lipinski definition) is 1. The number of benzene rings is 1. The molecule has 1 amide bonds. The van der Waals surface area contributed by atoms with E-state index < -0.39 is 44.1 Å². The number of alkyl halides is 1. The zero-order valence-corrected chi connectivity index (χ0v) is 23.7. The first kappa shape index (κ1) is 27.4. The standard InChI is InChI=1S/C30H27F2N5O5S/c31-22-12-18(13-25-28(22)41-11-8-26(32)43(25,39)40)29(38)35-16-19-14-23-17(15-34-19)3-6-27(36-23)37-10-1-2-21-24(37)7-9-33-30(21)42-20-4-5-20/h3,6-7,9,12-15,20,26H,1-2,4-5,8,10-11,16H2,(H,35,38)/t26-/m1/s1. The highest BCUT2D eigenvalue weighted by molar-refractivity contribution is 7.92. The lowest BCUT2D eigenvalue weighted by Crippen LogP contribution is -2.26. The molecule has 0 spiro atoms. The zero-order chi connectivity index (χ0) is 29.7. The van der Waals surface area contributed by atoms with Gasteiger partial charge in [0.25, 0.3) is 5.91 Å². The van der Waals surface area contributed by atoms with E-state index in [2.05, 4.69) is 20.2 Å². The monoisotopic (exact) mass is 607 g/mol. The van der Waals surface area contributed by atoms with E-state index in [-0.39, 0.29) is 24.8 Å². The number of fused-ring (bicyclic) bond motifs is 3. The molecule has 1 atom stereocenters. The molecule has 4 aromatic rings. The van der Waals surface area contributed by atoms with Crippen LogP contribution in [-0.2, 0) is 22.8 Å². The molecule has 1 aromatic carbocycles. The lowest BCUT2D eigenvalue weighted by molar-refractivity contribution is 0.0949. The first-order valence-corrected chi connectivity index (χ1v) is 15.6. The Morgan fingerprint density at radius 3 is 2.84 bits per heavy atom. The van der Waals surface area contributed by atoms with Crippen molar-refractivity contribution >= 4 is 38.2 Å². The summed E-state index contributed by atoms with van der Waals surface area (Å²) in [5.41, 5.74) is 0.728. The fourth-order valence-electron chi connectivity index (χ4n) is 5.33. The van der Waals surface area contributed by atoms with Crippen LogP contribution in [0.25, 0.3) is 10.9 Å². The predicted molar refractivity (Wildman–Crippen MR) is 153 cm³/mol. The third-order valence-electron chi connectivity index (χ3n) is 7.72. The summed E-state index contributed by atoms with van der Waals surface area (Å²) in [5.74, 6) is -0.927. The Morgan fingerprint density at radius 1 is 1.14 bits per heavy atom. The zero-order valence-electron chi connectivity index (χ0n) is 22.9. The maximum absolute atomic E-state index is 14.7. The van der Waals surface area contributed by atoms with Crippen molar-refractivity contribution in [1.29, 1.82) is 0 Å². The van der Waals surface area contributed by atoms with Crippen molar-refractivity contribution in [1.82, 2.24) is 20.3 Å². The molecular weight excluding hydrogens is 580 g/mol. The molecule has 1 N–H and O–H groups in total. The van der Waals surface area contributed by atoms with Crippen molar-refractivity contribution in [2.24, 2.45) is 0 Å². The molecule has 0 unspecified atom stereocenters. The van der Waals surface area contributed by atoms with Crippen LogP contribution in [0.2, 0.25) is 0 Å². The molecule has 222 valence electrons. The lowest BCUT2D eigenvalue weighted by Gasteiger charge is -2.31. The van der Waals surface area contributed by atoms with E-state index in [1.54, 1.807) is 18.5 Å². The van der Waals surface area contributed by atoms with Crippen LogP contribution < -0.4 is 19.7 Å². The second-order valence-electron chi connectivity index (χ2n) is 10.8. The average molecular weight is 608 g/mol. The second-order valence-corrected chi connectivity index (χ2v) is 12.8. The Bertz CT molecular complexity index is 1870. The van der Waals surface area contributed by atoms with Crippen molar-refractivity contribution in [2.75, 3.05) is 18.1 Å². The van der Waals surface area contributed by atoms with Gasteiger partial charge in [-0.2, -0.15) is 0 Å². The van der Waals surface area contributed by atoms with Gasteiger partial charge in [-0.05, 0) is 62.1 Å². The van der Waals surface area contributed by atoms with Crippen LogP contribution in [0.1, 0.15) is 47.3 Å². The third-order valence-corrected chi connectivity index (χ3v) is 9.55. The van der Waals surface area contributed by atoms with Gasteiger partial charge in [-0.3, -0.25) is 9.78 Å². The minimum Gasteiger partial charge on any atom is -0.489 e. The molecule has 3 aromatic heterocycles. The number of ether oxygens (including phenoxy) is 2. The van der Waals surface area contributed by atoms with Crippen molar-refractivity contribution in [3.8, 4) is 11.6 Å². The minimum atomic E-state index is -4.51. The van der Waals surface area contributed by atoms with Crippen LogP contribution in [-0.4, -0.2) is 54.0 Å². The number of nitrogens with one attached hydrogen (secondary N) is 1. The van der Waals surface area contributed by atoms with Crippen LogP contribution in [0.15, 0.2) is 53.7 Å². The second kappa shape index (κ2) is 10.7. The highest BCUT2D eigenvalue weighted by Gasteiger charge is 2.36. The summed E-state index contributed by atoms with van der Waals surface area (Å²) in [5, 5.41) is 3.44. The van der Waals surface area contributed by atoms with Crippen LogP contribution in [0.4, 0.5) is 20.3 Å². The Balaban J connectivity index is 1.12. The van der Waals surface area contributed by atoms with E-state index in [9.17, 15) is 22.0 Å². The number of sulfone groups is 1. The van der Waals surface area contributed by atoms with Crippen LogP contribution in [0, 0.1) is 5.82 Å². The van der Waals surface area contributed by atoms with Gasteiger partial charge in [0.15, 0.2) is 11.6 Å². The van der Waals surface area contributed by atoms with Crippen molar-refractivity contribution in [2.45, 2.75) is 55.2 Å². The Morgan fingerprint density at radius 2 is 2.00 bits per heavy atom. The smallest absolute Gasteiger partial charge is 0.251 e. The fourth-order valence-corrected chi connectivity index (χ4v) is 6.72. The molecule has 13 heteroatoms. The number of anilines is 2. The normalized spacial score (nSPS) is 19.1. The molecule has 0 radical (unpaired) electrons. The van der Waals surface area contributed by atoms with E-state index in [0.717, 1.165) is 66.8 Å². The highest BCUT2D eigenvalue weighted by atomic mass is 32.2. The number of halogens is 2. The fraction of sp³-hybridized carbons (Fsp3) is 0.333. The Kier molecular flexibility index (Phi) is 6.83. The van der Waals surface area contributed by atoms with Gasteiger partial charge in [-0.15, -0.1) is 0 Å². The van der Waals surface area contributed by atoms with Crippen LogP contribution in [0.5, 0.6) is 11.6 Å². The van der Waals surface area contributed by atoms with Gasteiger partial charge < -0.3 is 19.7 Å². The highest BCUT2D eigenvalue weighted by Crippen LogP contribution is 2.39. The molecule has 10 nitrogen and oxygen atoms in total. The summed E-state index contributed by atoms with van der Waals surface area (Å²) < 4.78 is 65.2. The van der Waals surface area contributed by atoms with Gasteiger partial charge in [0.1, 0.15) is 16.8 Å². The van der Waals surface area contributed by atoms with Gasteiger partial charge in [-0.1, -0.05) is 0 Å². The summed E-state index contributed by atoms with van der Waals surface area (Å²) in [6.45, 7) is 0.457. The Hall–Kier alpha value is -4.39. The molecule has 1 aliphatic carbocycles. The molecule has 43 heavy (non-hydrogen) atoms. The topological polar surface area (TPSA) is 124 Å². The molecule has 5 heterocycles. The first-order chi connectivity index (χ1) is 20.8. The molecule has 0 bridgehead atoms. The van der Waals surface area contributed by atoms with Crippen molar-refractivity contribution < 1.29 is 31.5 Å². The van der Waals surface area contributed by atoms with Gasteiger partial charge in [0, 0.05) is 41.9 Å². The van der Waals surface area contributed by atoms with Crippen LogP contribution >= 0.6 is 0 Å². The molecular formula is C30H27F2N5O5S. The van der Waals surface area contributed by atoms with E-state index in [4.69, 9.17) is 14.5 Å². The number of rotatable bonds is 6. The number of pyridine rings is 3. The molecule has 2 aliphatic heterocycles. The molecule has 1 saturated carbocycles. The SMILES string of the molecule is O=C(NCc1cc2nc(N3CCCc4c3ccnc4OC3CC3)ccc2cn1)c1cc(F)c2c(c1)S(=O)(=O)[C@@H](F)CCO2. The molecule has 3 aliphatic rings. The quantitative estimate of drug-likeness (QED) is 0.336. The van der Waals surface area contributed by atoms with Crippen molar-refractivity contribution in [3.05, 3.63) is 71.4 Å². The molecule has 1 fully saturated rings. The van der Waals surface area contributed by atoms with Crippen LogP contribution in [0.3, 0.4) is 0 Å². The van der Waals surface area contributed by atoms with Crippen molar-refractivity contribution in [3.63, 3.8) is 0 Å². The summed E-state index contributed by atoms with van der Waals surface area (Å²) >= 11 is 0. The summed E-state index contributed by atoms with van der Waals surface area (Å²) in [6, 6.07) is 9.41. The number of carbonyl (C=O) groups is 1. The number of hydrogen-bond acceptors (Lipinski definition) is 9. The third kappa shape index (κ3) is 5.22. The summed E-state index contributed by atoms with van der Waals surface area (Å²) in [7, 11) is -4.51.